The van der Waals surface area contributed by atoms with Crippen molar-refractivity contribution in [2.24, 2.45) is 5.73 Å². The molecule has 0 saturated heterocycles. The van der Waals surface area contributed by atoms with E-state index in [9.17, 15) is 14.4 Å². The van der Waals surface area contributed by atoms with Crippen molar-refractivity contribution in [1.29, 1.82) is 0 Å². The summed E-state index contributed by atoms with van der Waals surface area (Å²) in [7, 11) is 0. The number of amides is 3. The summed E-state index contributed by atoms with van der Waals surface area (Å²) in [5, 5.41) is 5.66. The molecule has 0 heterocycles. The van der Waals surface area contributed by atoms with Crippen LogP contribution in [0.1, 0.15) is 25.7 Å². The molecule has 0 radical (unpaired) electrons. The summed E-state index contributed by atoms with van der Waals surface area (Å²) in [6.45, 7) is 0.0236. The van der Waals surface area contributed by atoms with Crippen molar-refractivity contribution in [3.8, 4) is 0 Å². The maximum atomic E-state index is 11.8. The summed E-state index contributed by atoms with van der Waals surface area (Å²) >= 11 is 17.6. The van der Waals surface area contributed by atoms with Gasteiger partial charge < -0.3 is 21.1 Å². The summed E-state index contributed by atoms with van der Waals surface area (Å²) < 4.78 is 4.87. The van der Waals surface area contributed by atoms with Crippen molar-refractivity contribution < 1.29 is 19.1 Å². The van der Waals surface area contributed by atoms with Gasteiger partial charge in [-0.2, -0.15) is 0 Å². The SMILES string of the molecule is NC(=O)NCCCCCC(=O)OCC(=O)Nc1cc(Cl)c(Cl)cc1Cl. The third kappa shape index (κ3) is 8.81. The number of unbranched alkanes of at least 4 members (excludes halogenated alkanes) is 2. The van der Waals surface area contributed by atoms with Crippen molar-refractivity contribution in [2.45, 2.75) is 25.7 Å². The fraction of sp³-hybridized carbons (Fsp3) is 0.400. The van der Waals surface area contributed by atoms with E-state index in [1.165, 1.54) is 12.1 Å². The minimum Gasteiger partial charge on any atom is -0.456 e. The van der Waals surface area contributed by atoms with E-state index in [1.54, 1.807) is 0 Å². The summed E-state index contributed by atoms with van der Waals surface area (Å²) in [6, 6.07) is 2.24. The van der Waals surface area contributed by atoms with Crippen molar-refractivity contribution in [3.63, 3.8) is 0 Å². The average molecular weight is 411 g/mol. The average Bonchev–Trinajstić information content (AvgIpc) is 2.53. The second-order valence-corrected chi connectivity index (χ2v) is 6.28. The van der Waals surface area contributed by atoms with Gasteiger partial charge in [-0.15, -0.1) is 0 Å². The molecule has 138 valence electrons. The Morgan fingerprint density at radius 3 is 2.36 bits per heavy atom. The number of nitrogens with one attached hydrogen (secondary N) is 2. The molecular formula is C15H18Cl3N3O4. The predicted octanol–water partition coefficient (Wildman–Crippen LogP) is 3.36. The first-order chi connectivity index (χ1) is 11.8. The lowest BCUT2D eigenvalue weighted by Gasteiger charge is -2.09. The zero-order valence-electron chi connectivity index (χ0n) is 13.2. The molecule has 0 bridgehead atoms. The van der Waals surface area contributed by atoms with Crippen molar-refractivity contribution in [3.05, 3.63) is 27.2 Å². The largest absolute Gasteiger partial charge is 0.456 e. The van der Waals surface area contributed by atoms with Crippen molar-refractivity contribution in [2.75, 3.05) is 18.5 Å². The van der Waals surface area contributed by atoms with Gasteiger partial charge in [0, 0.05) is 13.0 Å². The Bertz CT molecular complexity index is 641. The lowest BCUT2D eigenvalue weighted by atomic mass is 10.2. The number of carbonyl (C=O) groups excluding carboxylic acids is 3. The van der Waals surface area contributed by atoms with Gasteiger partial charge in [0.05, 0.1) is 20.8 Å². The standard InChI is InChI=1S/C15H18Cl3N3O4/c16-9-6-11(18)12(7-10(9)17)21-13(22)8-25-14(23)4-2-1-3-5-20-15(19)24/h6-7H,1-5,8H2,(H,21,22)(H3,19,20,24). The molecule has 0 aromatic heterocycles. The number of halogens is 3. The maximum absolute atomic E-state index is 11.8. The van der Waals surface area contributed by atoms with Gasteiger partial charge in [-0.05, 0) is 25.0 Å². The number of benzene rings is 1. The first-order valence-electron chi connectivity index (χ1n) is 7.43. The molecule has 0 saturated carbocycles. The summed E-state index contributed by atoms with van der Waals surface area (Å²) in [4.78, 5) is 33.8. The Labute approximate surface area is 160 Å². The predicted molar refractivity (Wildman–Crippen MR) is 97.1 cm³/mol. The van der Waals surface area contributed by atoms with E-state index >= 15 is 0 Å². The van der Waals surface area contributed by atoms with Crippen LogP contribution < -0.4 is 16.4 Å². The van der Waals surface area contributed by atoms with Gasteiger partial charge in [-0.25, -0.2) is 4.79 Å². The number of urea groups is 1. The van der Waals surface area contributed by atoms with Crippen molar-refractivity contribution in [1.82, 2.24) is 5.32 Å². The fourth-order valence-electron chi connectivity index (χ4n) is 1.81. The number of nitrogens with two attached hydrogens (primary N) is 1. The van der Waals surface area contributed by atoms with Crippen LogP contribution in [-0.4, -0.2) is 31.1 Å². The second kappa shape index (κ2) is 11.0. The Morgan fingerprint density at radius 1 is 1.00 bits per heavy atom. The molecule has 0 aliphatic rings. The van der Waals surface area contributed by atoms with Crippen LogP contribution in [0.3, 0.4) is 0 Å². The first kappa shape index (κ1) is 21.3. The van der Waals surface area contributed by atoms with E-state index < -0.39 is 24.5 Å². The monoisotopic (exact) mass is 409 g/mol. The number of hydrogen-bond donors (Lipinski definition) is 3. The molecule has 4 N–H and O–H groups in total. The van der Waals surface area contributed by atoms with E-state index in [-0.39, 0.29) is 27.2 Å². The molecule has 0 aliphatic heterocycles. The van der Waals surface area contributed by atoms with E-state index in [2.05, 4.69) is 10.6 Å². The highest BCUT2D eigenvalue weighted by molar-refractivity contribution is 6.44. The van der Waals surface area contributed by atoms with E-state index in [4.69, 9.17) is 45.3 Å². The Balaban J connectivity index is 2.24. The quantitative estimate of drug-likeness (QED) is 0.329. The van der Waals surface area contributed by atoms with Gasteiger partial charge in [-0.3, -0.25) is 9.59 Å². The van der Waals surface area contributed by atoms with Crippen LogP contribution >= 0.6 is 34.8 Å². The smallest absolute Gasteiger partial charge is 0.312 e. The van der Waals surface area contributed by atoms with Crippen molar-refractivity contribution >= 4 is 58.4 Å². The summed E-state index contributed by atoms with van der Waals surface area (Å²) in [5.41, 5.74) is 5.20. The molecule has 0 spiro atoms. The van der Waals surface area contributed by atoms with Crippen LogP contribution in [0.25, 0.3) is 0 Å². The van der Waals surface area contributed by atoms with Gasteiger partial charge in [0.1, 0.15) is 0 Å². The molecule has 0 unspecified atom stereocenters. The maximum Gasteiger partial charge on any atom is 0.312 e. The lowest BCUT2D eigenvalue weighted by molar-refractivity contribution is -0.147. The highest BCUT2D eigenvalue weighted by Crippen LogP contribution is 2.32. The van der Waals surface area contributed by atoms with Crippen LogP contribution in [0.15, 0.2) is 12.1 Å². The molecule has 0 atom stereocenters. The Kier molecular flexibility index (Phi) is 9.41. The number of esters is 1. The van der Waals surface area contributed by atoms with E-state index in [0.717, 1.165) is 6.42 Å². The molecule has 3 amide bonds. The molecule has 1 rings (SSSR count). The van der Waals surface area contributed by atoms with E-state index in [0.29, 0.717) is 19.4 Å². The zero-order valence-corrected chi connectivity index (χ0v) is 15.5. The molecule has 0 fully saturated rings. The van der Waals surface area contributed by atoms with Crippen LogP contribution in [0.2, 0.25) is 15.1 Å². The highest BCUT2D eigenvalue weighted by atomic mass is 35.5. The number of anilines is 1. The number of primary amides is 1. The normalized spacial score (nSPS) is 10.2. The van der Waals surface area contributed by atoms with Crippen LogP contribution in [0.5, 0.6) is 0 Å². The molecule has 0 aliphatic carbocycles. The fourth-order valence-corrected chi connectivity index (χ4v) is 2.40. The minimum absolute atomic E-state index is 0.178. The van der Waals surface area contributed by atoms with Crippen LogP contribution in [0.4, 0.5) is 10.5 Å². The van der Waals surface area contributed by atoms with Gasteiger partial charge in [-0.1, -0.05) is 41.2 Å². The number of carbonyl (C=O) groups is 3. The van der Waals surface area contributed by atoms with Gasteiger partial charge in [0.15, 0.2) is 6.61 Å². The van der Waals surface area contributed by atoms with Gasteiger partial charge in [0.2, 0.25) is 0 Å². The van der Waals surface area contributed by atoms with Crippen LogP contribution in [0, 0.1) is 0 Å². The number of rotatable bonds is 9. The summed E-state index contributed by atoms with van der Waals surface area (Å²) in [5.74, 6) is -1.03. The van der Waals surface area contributed by atoms with Crippen LogP contribution in [-0.2, 0) is 14.3 Å². The summed E-state index contributed by atoms with van der Waals surface area (Å²) in [6.07, 6.45) is 2.18. The Morgan fingerprint density at radius 2 is 1.68 bits per heavy atom. The third-order valence-electron chi connectivity index (χ3n) is 3.01. The zero-order chi connectivity index (χ0) is 18.8. The van der Waals surface area contributed by atoms with Gasteiger partial charge >= 0.3 is 12.0 Å². The Hall–Kier alpha value is -1.70. The molecule has 1 aromatic rings. The molecular weight excluding hydrogens is 393 g/mol. The number of hydrogen-bond acceptors (Lipinski definition) is 4. The molecule has 1 aromatic carbocycles. The third-order valence-corrected chi connectivity index (χ3v) is 4.04. The highest BCUT2D eigenvalue weighted by Gasteiger charge is 2.11. The van der Waals surface area contributed by atoms with Gasteiger partial charge in [0.25, 0.3) is 5.91 Å². The molecule has 7 nitrogen and oxygen atoms in total. The van der Waals surface area contributed by atoms with E-state index in [1.807, 2.05) is 0 Å². The second-order valence-electron chi connectivity index (χ2n) is 5.06. The molecule has 10 heteroatoms. The topological polar surface area (TPSA) is 111 Å². The molecule has 25 heavy (non-hydrogen) atoms. The lowest BCUT2D eigenvalue weighted by Crippen LogP contribution is -2.29. The minimum atomic E-state index is -0.576. The number of ether oxygens (including phenoxy) is 1. The first-order valence-corrected chi connectivity index (χ1v) is 8.56.